The summed E-state index contributed by atoms with van der Waals surface area (Å²) in [5.41, 5.74) is 0.812. The summed E-state index contributed by atoms with van der Waals surface area (Å²) in [6, 6.07) is 7.46. The third-order valence-corrected chi connectivity index (χ3v) is 4.66. The lowest BCUT2D eigenvalue weighted by atomic mass is 10.2. The number of hydrogen-bond donors (Lipinski definition) is 0. The van der Waals surface area contributed by atoms with Crippen molar-refractivity contribution >= 4 is 29.3 Å². The normalized spacial score (nSPS) is 10.4. The Morgan fingerprint density at radius 1 is 1.29 bits per heavy atom. The van der Waals surface area contributed by atoms with Gasteiger partial charge >= 0.3 is 0 Å². The van der Waals surface area contributed by atoms with Gasteiger partial charge in [0.25, 0.3) is 0 Å². The van der Waals surface area contributed by atoms with Gasteiger partial charge < -0.3 is 9.47 Å². The highest BCUT2D eigenvalue weighted by Gasteiger charge is 2.16. The molecule has 5 nitrogen and oxygen atoms in total. The van der Waals surface area contributed by atoms with E-state index < -0.39 is 0 Å². The molecule has 7 heteroatoms. The van der Waals surface area contributed by atoms with Gasteiger partial charge in [0.05, 0.1) is 10.8 Å². The molecule has 0 fully saturated rings. The zero-order valence-electron chi connectivity index (χ0n) is 13.5. The summed E-state index contributed by atoms with van der Waals surface area (Å²) < 4.78 is 1.84. The molecule has 0 spiro atoms. The van der Waals surface area contributed by atoms with E-state index in [1.54, 1.807) is 17.1 Å². The average molecular weight is 363 g/mol. The van der Waals surface area contributed by atoms with Gasteiger partial charge in [0.15, 0.2) is 11.0 Å². The molecule has 0 saturated heterocycles. The Morgan fingerprint density at radius 2 is 1.96 bits per heavy atom. The number of rotatable bonds is 8. The molecule has 1 amide bonds. The monoisotopic (exact) mass is 362 g/mol. The Balaban J connectivity index is 2.09. The highest BCUT2D eigenvalue weighted by atomic mass is 35.5. The highest BCUT2D eigenvalue weighted by molar-refractivity contribution is 7.99. The molecule has 2 rings (SSSR count). The summed E-state index contributed by atoms with van der Waals surface area (Å²) in [6.07, 6.45) is 3.40. The minimum atomic E-state index is 0.00194. The average Bonchev–Trinajstić information content (AvgIpc) is 2.93. The van der Waals surface area contributed by atoms with Gasteiger partial charge in [-0.2, -0.15) is 0 Å². The molecule has 0 atom stereocenters. The molecule has 0 aliphatic rings. The number of thioether (sulfide) groups is 1. The zero-order chi connectivity index (χ0) is 17.5. The van der Waals surface area contributed by atoms with Crippen LogP contribution in [-0.2, 0) is 11.8 Å². The fourth-order valence-electron chi connectivity index (χ4n) is 2.13. The van der Waals surface area contributed by atoms with Crippen LogP contribution < -0.4 is 0 Å². The van der Waals surface area contributed by atoms with E-state index in [1.165, 1.54) is 11.8 Å². The standard InChI is InChI=1S/C17H19ClN4OS/c1-4-10-22(11-5-2)15(23)12-24-17-20-19-16(21(17)3)13-8-6-7-9-14(13)18/h4-9H,1-2,10-12H2,3H3. The van der Waals surface area contributed by atoms with Gasteiger partial charge in [0, 0.05) is 25.7 Å². The number of benzene rings is 1. The minimum Gasteiger partial charge on any atom is -0.335 e. The van der Waals surface area contributed by atoms with Crippen LogP contribution in [0.5, 0.6) is 0 Å². The zero-order valence-corrected chi connectivity index (χ0v) is 15.1. The largest absolute Gasteiger partial charge is 0.335 e. The lowest BCUT2D eigenvalue weighted by Gasteiger charge is -2.18. The van der Waals surface area contributed by atoms with Crippen LogP contribution in [-0.4, -0.2) is 44.4 Å². The fourth-order valence-corrected chi connectivity index (χ4v) is 3.16. The van der Waals surface area contributed by atoms with Gasteiger partial charge in [0.1, 0.15) is 0 Å². The van der Waals surface area contributed by atoms with Crippen molar-refractivity contribution in [1.29, 1.82) is 0 Å². The van der Waals surface area contributed by atoms with Crippen LogP contribution in [0.1, 0.15) is 0 Å². The molecule has 126 valence electrons. The molecule has 0 N–H and O–H groups in total. The predicted molar refractivity (Wildman–Crippen MR) is 99.1 cm³/mol. The van der Waals surface area contributed by atoms with Crippen LogP contribution in [0.3, 0.4) is 0 Å². The van der Waals surface area contributed by atoms with Crippen molar-refractivity contribution in [1.82, 2.24) is 19.7 Å². The van der Waals surface area contributed by atoms with Crippen LogP contribution in [0.2, 0.25) is 5.02 Å². The van der Waals surface area contributed by atoms with E-state index in [-0.39, 0.29) is 11.7 Å². The molecule has 0 aliphatic heterocycles. The molecule has 0 aliphatic carbocycles. The van der Waals surface area contributed by atoms with Crippen molar-refractivity contribution in [3.8, 4) is 11.4 Å². The number of halogens is 1. The van der Waals surface area contributed by atoms with Crippen molar-refractivity contribution in [3.63, 3.8) is 0 Å². The molecule has 24 heavy (non-hydrogen) atoms. The summed E-state index contributed by atoms with van der Waals surface area (Å²) in [7, 11) is 1.86. The van der Waals surface area contributed by atoms with Gasteiger partial charge in [-0.25, -0.2) is 0 Å². The summed E-state index contributed by atoms with van der Waals surface area (Å²) in [5, 5.41) is 9.63. The van der Waals surface area contributed by atoms with E-state index >= 15 is 0 Å². The summed E-state index contributed by atoms with van der Waals surface area (Å²) in [4.78, 5) is 13.9. The number of amides is 1. The number of carbonyl (C=O) groups is 1. The number of hydrogen-bond acceptors (Lipinski definition) is 4. The third-order valence-electron chi connectivity index (χ3n) is 3.33. The Morgan fingerprint density at radius 3 is 2.58 bits per heavy atom. The fraction of sp³-hybridized carbons (Fsp3) is 0.235. The highest BCUT2D eigenvalue weighted by Crippen LogP contribution is 2.28. The maximum absolute atomic E-state index is 12.3. The number of aromatic nitrogens is 3. The van der Waals surface area contributed by atoms with Crippen molar-refractivity contribution in [2.75, 3.05) is 18.8 Å². The first kappa shape index (κ1) is 18.3. The molecule has 1 aromatic carbocycles. The summed E-state index contributed by atoms with van der Waals surface area (Å²) in [6.45, 7) is 8.33. The van der Waals surface area contributed by atoms with E-state index in [0.29, 0.717) is 29.1 Å². The molecule has 0 bridgehead atoms. The maximum Gasteiger partial charge on any atom is 0.233 e. The van der Waals surface area contributed by atoms with Gasteiger partial charge in [-0.1, -0.05) is 47.6 Å². The third kappa shape index (κ3) is 4.27. The quantitative estimate of drug-likeness (QED) is 0.533. The SMILES string of the molecule is C=CCN(CC=C)C(=O)CSc1nnc(-c2ccccc2Cl)n1C. The molecule has 2 aromatic rings. The van der Waals surface area contributed by atoms with Gasteiger partial charge in [-0.3, -0.25) is 4.79 Å². The van der Waals surface area contributed by atoms with Crippen LogP contribution in [0.15, 0.2) is 54.7 Å². The Hall–Kier alpha value is -2.05. The minimum absolute atomic E-state index is 0.00194. The second kappa shape index (κ2) is 8.70. The first-order valence-electron chi connectivity index (χ1n) is 7.35. The van der Waals surface area contributed by atoms with Crippen LogP contribution >= 0.6 is 23.4 Å². The topological polar surface area (TPSA) is 51.0 Å². The van der Waals surface area contributed by atoms with E-state index in [4.69, 9.17) is 11.6 Å². The smallest absolute Gasteiger partial charge is 0.233 e. The van der Waals surface area contributed by atoms with E-state index in [1.807, 2.05) is 35.9 Å². The van der Waals surface area contributed by atoms with E-state index in [9.17, 15) is 4.79 Å². The molecule has 1 aromatic heterocycles. The summed E-state index contributed by atoms with van der Waals surface area (Å²) in [5.74, 6) is 0.947. The molecule has 1 heterocycles. The Kier molecular flexibility index (Phi) is 6.63. The molecule has 0 saturated carbocycles. The second-order valence-electron chi connectivity index (χ2n) is 5.01. The van der Waals surface area contributed by atoms with Gasteiger partial charge in [-0.05, 0) is 12.1 Å². The summed E-state index contributed by atoms with van der Waals surface area (Å²) >= 11 is 7.55. The first-order valence-corrected chi connectivity index (χ1v) is 8.71. The molecular weight excluding hydrogens is 344 g/mol. The van der Waals surface area contributed by atoms with E-state index in [0.717, 1.165) is 5.56 Å². The second-order valence-corrected chi connectivity index (χ2v) is 6.36. The Labute approximate surface area is 151 Å². The van der Waals surface area contributed by atoms with Crippen molar-refractivity contribution in [2.45, 2.75) is 5.16 Å². The Bertz CT molecular complexity index is 734. The molecular formula is C17H19ClN4OS. The molecule has 0 radical (unpaired) electrons. The van der Waals surface area contributed by atoms with Crippen LogP contribution in [0, 0.1) is 0 Å². The van der Waals surface area contributed by atoms with Crippen molar-refractivity contribution in [3.05, 3.63) is 54.6 Å². The predicted octanol–water partition coefficient (Wildman–Crippen LogP) is 3.43. The lowest BCUT2D eigenvalue weighted by Crippen LogP contribution is -2.32. The number of nitrogens with zero attached hydrogens (tertiary/aromatic N) is 4. The lowest BCUT2D eigenvalue weighted by molar-refractivity contribution is -0.127. The van der Waals surface area contributed by atoms with Crippen LogP contribution in [0.4, 0.5) is 0 Å². The first-order chi connectivity index (χ1) is 11.6. The number of carbonyl (C=O) groups excluding carboxylic acids is 1. The maximum atomic E-state index is 12.3. The van der Waals surface area contributed by atoms with Gasteiger partial charge in [-0.15, -0.1) is 23.4 Å². The van der Waals surface area contributed by atoms with Crippen molar-refractivity contribution in [2.24, 2.45) is 7.05 Å². The van der Waals surface area contributed by atoms with Crippen LogP contribution in [0.25, 0.3) is 11.4 Å². The molecule has 0 unspecified atom stereocenters. The van der Waals surface area contributed by atoms with E-state index in [2.05, 4.69) is 23.4 Å². The van der Waals surface area contributed by atoms with Crippen molar-refractivity contribution < 1.29 is 4.79 Å². The van der Waals surface area contributed by atoms with Gasteiger partial charge in [0.2, 0.25) is 5.91 Å².